The highest BCUT2D eigenvalue weighted by atomic mass is 16.6. The van der Waals surface area contributed by atoms with E-state index in [2.05, 4.69) is 13.2 Å². The molecule has 2 unspecified atom stereocenters. The number of aliphatic hydroxyl groups excluding tert-OH is 2. The number of benzene rings is 2. The Bertz CT molecular complexity index is 1030. The number of hydrogen-bond donors (Lipinski definition) is 2. The molecule has 8 heteroatoms. The zero-order valence-corrected chi connectivity index (χ0v) is 19.1. The van der Waals surface area contributed by atoms with Gasteiger partial charge in [-0.1, -0.05) is 37.4 Å². The van der Waals surface area contributed by atoms with Crippen molar-refractivity contribution in [3.8, 4) is 11.5 Å². The van der Waals surface area contributed by atoms with Crippen molar-refractivity contribution in [3.05, 3.63) is 60.2 Å². The van der Waals surface area contributed by atoms with Crippen molar-refractivity contribution in [3.63, 3.8) is 0 Å². The van der Waals surface area contributed by atoms with Gasteiger partial charge in [-0.2, -0.15) is 0 Å². The highest BCUT2D eigenvalue weighted by Crippen LogP contribution is 2.36. The fraction of sp³-hybridized carbons (Fsp3) is 0.360. The van der Waals surface area contributed by atoms with E-state index in [0.717, 1.165) is 16.3 Å². The molecule has 8 nitrogen and oxygen atoms in total. The van der Waals surface area contributed by atoms with Crippen LogP contribution in [0.5, 0.6) is 11.5 Å². The van der Waals surface area contributed by atoms with Gasteiger partial charge in [0, 0.05) is 21.9 Å². The van der Waals surface area contributed by atoms with Crippen LogP contribution in [0.4, 0.5) is 0 Å². The van der Waals surface area contributed by atoms with Gasteiger partial charge in [0.2, 0.25) is 0 Å². The second-order valence-electron chi connectivity index (χ2n) is 7.75. The smallest absolute Gasteiger partial charge is 0.333 e. The molecule has 178 valence electrons. The van der Waals surface area contributed by atoms with Crippen LogP contribution in [0, 0.1) is 6.92 Å². The highest BCUT2D eigenvalue weighted by molar-refractivity contribution is 5.94. The van der Waals surface area contributed by atoms with Crippen molar-refractivity contribution in [2.45, 2.75) is 33.0 Å². The number of carbonyl (C=O) groups excluding carboxylic acids is 2. The Hall–Kier alpha value is -3.36. The van der Waals surface area contributed by atoms with Gasteiger partial charge < -0.3 is 29.2 Å². The molecule has 0 aliphatic heterocycles. The van der Waals surface area contributed by atoms with E-state index in [9.17, 15) is 19.8 Å². The third-order valence-electron chi connectivity index (χ3n) is 4.50. The Kier molecular flexibility index (Phi) is 9.44. The molecule has 0 bridgehead atoms. The lowest BCUT2D eigenvalue weighted by atomic mass is 10.0. The van der Waals surface area contributed by atoms with E-state index in [1.165, 1.54) is 13.8 Å². The van der Waals surface area contributed by atoms with Crippen LogP contribution in [0.25, 0.3) is 10.8 Å². The van der Waals surface area contributed by atoms with Crippen molar-refractivity contribution in [1.29, 1.82) is 0 Å². The van der Waals surface area contributed by atoms with Crippen molar-refractivity contribution in [1.82, 2.24) is 0 Å². The molecule has 0 amide bonds. The lowest BCUT2D eigenvalue weighted by molar-refractivity contribution is -0.143. The number of rotatable bonds is 12. The minimum Gasteiger partial charge on any atom is -0.490 e. The summed E-state index contributed by atoms with van der Waals surface area (Å²) in [7, 11) is 0. The van der Waals surface area contributed by atoms with E-state index in [0.29, 0.717) is 11.5 Å². The largest absolute Gasteiger partial charge is 0.490 e. The van der Waals surface area contributed by atoms with E-state index in [4.69, 9.17) is 18.9 Å². The van der Waals surface area contributed by atoms with Gasteiger partial charge in [0.05, 0.1) is 0 Å². The summed E-state index contributed by atoms with van der Waals surface area (Å²) in [6.45, 7) is 11.3. The quantitative estimate of drug-likeness (QED) is 0.369. The number of esters is 2. The summed E-state index contributed by atoms with van der Waals surface area (Å²) in [6.07, 6.45) is -2.03. The number of carbonyl (C=O) groups is 2. The summed E-state index contributed by atoms with van der Waals surface area (Å²) in [5.74, 6) is -0.0713. The summed E-state index contributed by atoms with van der Waals surface area (Å²) >= 11 is 0. The zero-order valence-electron chi connectivity index (χ0n) is 19.1. The summed E-state index contributed by atoms with van der Waals surface area (Å²) < 4.78 is 21.5. The molecular formula is C25H30O8. The molecular weight excluding hydrogens is 428 g/mol. The second kappa shape index (κ2) is 12.0. The number of fused-ring (bicyclic) bond motifs is 1. The fourth-order valence-corrected chi connectivity index (χ4v) is 2.81. The molecule has 2 atom stereocenters. The van der Waals surface area contributed by atoms with Crippen LogP contribution < -0.4 is 9.47 Å². The first-order chi connectivity index (χ1) is 15.6. The highest BCUT2D eigenvalue weighted by Gasteiger charge is 2.16. The third-order valence-corrected chi connectivity index (χ3v) is 4.50. The van der Waals surface area contributed by atoms with Crippen LogP contribution in [0.15, 0.2) is 54.6 Å². The molecule has 0 aliphatic rings. The lowest BCUT2D eigenvalue weighted by Gasteiger charge is -2.19. The van der Waals surface area contributed by atoms with Crippen LogP contribution in [-0.2, 0) is 19.1 Å². The van der Waals surface area contributed by atoms with Crippen molar-refractivity contribution in [2.24, 2.45) is 0 Å². The van der Waals surface area contributed by atoms with Gasteiger partial charge >= 0.3 is 11.9 Å². The number of aliphatic hydroxyl groups is 2. The average molecular weight is 459 g/mol. The molecule has 0 aliphatic carbocycles. The molecule has 33 heavy (non-hydrogen) atoms. The van der Waals surface area contributed by atoms with Crippen molar-refractivity contribution in [2.75, 3.05) is 26.4 Å². The minimum absolute atomic E-state index is 0.0820. The summed E-state index contributed by atoms with van der Waals surface area (Å²) in [5, 5.41) is 21.7. The number of hydrogen-bond acceptors (Lipinski definition) is 8. The monoisotopic (exact) mass is 458 g/mol. The van der Waals surface area contributed by atoms with Gasteiger partial charge in [-0.05, 0) is 32.4 Å². The first-order valence-corrected chi connectivity index (χ1v) is 10.4. The molecule has 2 aromatic rings. The maximum atomic E-state index is 11.5. The predicted octanol–water partition coefficient (Wildman–Crippen LogP) is 2.87. The van der Waals surface area contributed by atoms with Gasteiger partial charge in [0.15, 0.2) is 0 Å². The molecule has 0 aromatic heterocycles. The number of aryl methyl sites for hydroxylation is 1. The first kappa shape index (κ1) is 25.9. The van der Waals surface area contributed by atoms with Crippen LogP contribution in [0.3, 0.4) is 0 Å². The molecule has 0 radical (unpaired) electrons. The van der Waals surface area contributed by atoms with Gasteiger partial charge in [-0.3, -0.25) is 0 Å². The molecule has 0 spiro atoms. The summed E-state index contributed by atoms with van der Waals surface area (Å²) in [6, 6.07) is 9.14. The van der Waals surface area contributed by atoms with Crippen LogP contribution in [-0.4, -0.2) is 60.8 Å². The van der Waals surface area contributed by atoms with Crippen molar-refractivity contribution < 1.29 is 38.7 Å². The van der Waals surface area contributed by atoms with Gasteiger partial charge in [0.25, 0.3) is 0 Å². The zero-order chi connectivity index (χ0) is 24.5. The normalized spacial score (nSPS) is 12.5. The van der Waals surface area contributed by atoms with Gasteiger partial charge in [-0.25, -0.2) is 9.59 Å². The van der Waals surface area contributed by atoms with E-state index in [1.807, 2.05) is 31.2 Å². The molecule has 0 heterocycles. The summed E-state index contributed by atoms with van der Waals surface area (Å²) in [4.78, 5) is 22.9. The maximum Gasteiger partial charge on any atom is 0.333 e. The molecule has 2 N–H and O–H groups in total. The van der Waals surface area contributed by atoms with E-state index in [-0.39, 0.29) is 37.6 Å². The predicted molar refractivity (Wildman–Crippen MR) is 123 cm³/mol. The fourth-order valence-electron chi connectivity index (χ4n) is 2.81. The third kappa shape index (κ3) is 7.62. The maximum absolute atomic E-state index is 11.5. The Morgan fingerprint density at radius 2 is 1.33 bits per heavy atom. The van der Waals surface area contributed by atoms with Crippen LogP contribution >= 0.6 is 0 Å². The first-order valence-electron chi connectivity index (χ1n) is 10.4. The van der Waals surface area contributed by atoms with Crippen molar-refractivity contribution >= 4 is 22.7 Å². The van der Waals surface area contributed by atoms with E-state index >= 15 is 0 Å². The molecule has 2 rings (SSSR count). The van der Waals surface area contributed by atoms with Gasteiger partial charge in [0.1, 0.15) is 50.1 Å². The molecule has 2 aromatic carbocycles. The lowest BCUT2D eigenvalue weighted by Crippen LogP contribution is -2.26. The molecule has 0 saturated carbocycles. The van der Waals surface area contributed by atoms with E-state index in [1.54, 1.807) is 6.07 Å². The Labute approximate surface area is 193 Å². The van der Waals surface area contributed by atoms with Crippen LogP contribution in [0.2, 0.25) is 0 Å². The Morgan fingerprint density at radius 1 is 0.848 bits per heavy atom. The molecule has 0 fully saturated rings. The average Bonchev–Trinajstić information content (AvgIpc) is 2.78. The second-order valence-corrected chi connectivity index (χ2v) is 7.75. The van der Waals surface area contributed by atoms with Crippen LogP contribution in [0.1, 0.15) is 19.4 Å². The standard InChI is InChI=1S/C25H30O8/c1-15(2)24(28)32-13-18(26)11-30-22-10-17(5)23(21-9-7-6-8-20(21)22)31-12-19(27)14-33-25(29)16(3)4/h6-10,18-19,26-27H,1,3,11-14H2,2,4-5H3. The SMILES string of the molecule is C=C(C)C(=O)OCC(O)COc1cc(C)c(OCC(O)COC(=O)C(=C)C)c2ccccc12. The molecule has 0 saturated heterocycles. The topological polar surface area (TPSA) is 112 Å². The van der Waals surface area contributed by atoms with Gasteiger partial charge in [-0.15, -0.1) is 0 Å². The summed E-state index contributed by atoms with van der Waals surface area (Å²) in [5.41, 5.74) is 1.25. The number of ether oxygens (including phenoxy) is 4. The minimum atomic E-state index is -1.01. The Morgan fingerprint density at radius 3 is 1.85 bits per heavy atom. The Balaban J connectivity index is 2.06. The van der Waals surface area contributed by atoms with E-state index < -0.39 is 24.1 Å².